The van der Waals surface area contributed by atoms with E-state index in [1.54, 1.807) is 12.1 Å². The predicted molar refractivity (Wildman–Crippen MR) is 38.7 cm³/mol. The zero-order valence-electron chi connectivity index (χ0n) is 5.12. The van der Waals surface area contributed by atoms with Crippen molar-refractivity contribution in [3.63, 3.8) is 0 Å². The van der Waals surface area contributed by atoms with Crippen molar-refractivity contribution >= 4 is 11.6 Å². The molecule has 1 aromatic rings. The Kier molecular flexibility index (Phi) is 2.34. The van der Waals surface area contributed by atoms with Crippen LogP contribution in [0, 0.1) is 4.91 Å². The summed E-state index contributed by atoms with van der Waals surface area (Å²) in [7, 11) is 0. The van der Waals surface area contributed by atoms with Gasteiger partial charge in [-0.2, -0.15) is 4.91 Å². The Morgan fingerprint density at radius 3 is 2.90 bits per heavy atom. The van der Waals surface area contributed by atoms with Crippen LogP contribution in [0.1, 0.15) is 5.56 Å². The first-order chi connectivity index (χ1) is 4.83. The number of halogens is 1. The monoisotopic (exact) mass is 156 g/mol. The number of hydrogen-bond donors (Lipinski definition) is 0. The van der Waals surface area contributed by atoms with Gasteiger partial charge < -0.3 is 0 Å². The van der Waals surface area contributed by atoms with Gasteiger partial charge in [-0.25, -0.2) is 4.98 Å². The van der Waals surface area contributed by atoms with Crippen molar-refractivity contribution < 1.29 is 0 Å². The molecule has 1 rings (SSSR count). The summed E-state index contributed by atoms with van der Waals surface area (Å²) < 4.78 is 0. The summed E-state index contributed by atoms with van der Waals surface area (Å²) in [5.74, 6) is 0. The quantitative estimate of drug-likeness (QED) is 0.486. The normalized spacial score (nSPS) is 9.30. The first-order valence-electron chi connectivity index (χ1n) is 2.72. The maximum atomic E-state index is 9.75. The highest BCUT2D eigenvalue weighted by atomic mass is 35.5. The zero-order chi connectivity index (χ0) is 7.40. The summed E-state index contributed by atoms with van der Waals surface area (Å²) in [5.41, 5.74) is 0.777. The first kappa shape index (κ1) is 7.15. The molecule has 0 aliphatic rings. The van der Waals surface area contributed by atoms with Crippen molar-refractivity contribution in [1.82, 2.24) is 4.98 Å². The minimum Gasteiger partial charge on any atom is -0.244 e. The molecule has 52 valence electrons. The molecule has 0 saturated heterocycles. The average molecular weight is 157 g/mol. The minimum atomic E-state index is 0.157. The van der Waals surface area contributed by atoms with Gasteiger partial charge in [0.1, 0.15) is 11.7 Å². The molecule has 0 bridgehead atoms. The maximum Gasteiger partial charge on any atom is 0.129 e. The fourth-order valence-electron chi connectivity index (χ4n) is 0.575. The SMILES string of the molecule is O=NCc1ccc(Cl)nc1. The van der Waals surface area contributed by atoms with Crippen LogP contribution in [0.3, 0.4) is 0 Å². The van der Waals surface area contributed by atoms with Crippen molar-refractivity contribution in [3.05, 3.63) is 34.0 Å². The molecule has 1 heterocycles. The molecule has 0 fully saturated rings. The van der Waals surface area contributed by atoms with Crippen LogP contribution in [0.2, 0.25) is 5.15 Å². The van der Waals surface area contributed by atoms with Crippen LogP contribution in [-0.2, 0) is 6.54 Å². The lowest BCUT2D eigenvalue weighted by Gasteiger charge is -1.91. The third-order valence-electron chi connectivity index (χ3n) is 1.04. The summed E-state index contributed by atoms with van der Waals surface area (Å²) in [6.07, 6.45) is 1.53. The average Bonchev–Trinajstić information content (AvgIpc) is 1.95. The van der Waals surface area contributed by atoms with Crippen LogP contribution in [0.5, 0.6) is 0 Å². The van der Waals surface area contributed by atoms with Crippen molar-refractivity contribution in [2.45, 2.75) is 6.54 Å². The number of nitrogens with zero attached hydrogens (tertiary/aromatic N) is 2. The highest BCUT2D eigenvalue weighted by molar-refractivity contribution is 6.29. The largest absolute Gasteiger partial charge is 0.244 e. The second-order valence-corrected chi connectivity index (χ2v) is 2.16. The van der Waals surface area contributed by atoms with Gasteiger partial charge in [-0.15, -0.1) is 0 Å². The molecule has 1 aromatic heterocycles. The van der Waals surface area contributed by atoms with E-state index < -0.39 is 0 Å². The molecule has 0 N–H and O–H groups in total. The third kappa shape index (κ3) is 1.77. The van der Waals surface area contributed by atoms with Gasteiger partial charge >= 0.3 is 0 Å². The van der Waals surface area contributed by atoms with E-state index in [4.69, 9.17) is 11.6 Å². The highest BCUT2D eigenvalue weighted by Gasteiger charge is 1.91. The van der Waals surface area contributed by atoms with E-state index in [1.807, 2.05) is 0 Å². The van der Waals surface area contributed by atoms with Crippen LogP contribution in [0.15, 0.2) is 23.5 Å². The molecule has 0 atom stereocenters. The fourth-order valence-corrected chi connectivity index (χ4v) is 0.686. The maximum absolute atomic E-state index is 9.75. The van der Waals surface area contributed by atoms with Crippen LogP contribution >= 0.6 is 11.6 Å². The lowest BCUT2D eigenvalue weighted by Crippen LogP contribution is -1.81. The van der Waals surface area contributed by atoms with E-state index in [1.165, 1.54) is 6.20 Å². The van der Waals surface area contributed by atoms with Gasteiger partial charge in [-0.05, 0) is 11.6 Å². The summed E-state index contributed by atoms with van der Waals surface area (Å²) in [5, 5.41) is 3.13. The van der Waals surface area contributed by atoms with E-state index in [2.05, 4.69) is 10.2 Å². The Bertz CT molecular complexity index is 222. The van der Waals surface area contributed by atoms with Crippen molar-refractivity contribution in [2.24, 2.45) is 5.18 Å². The first-order valence-corrected chi connectivity index (χ1v) is 3.10. The Morgan fingerprint density at radius 1 is 1.60 bits per heavy atom. The van der Waals surface area contributed by atoms with E-state index in [9.17, 15) is 4.91 Å². The molecule has 4 heteroatoms. The molecule has 3 nitrogen and oxygen atoms in total. The van der Waals surface area contributed by atoms with Crippen molar-refractivity contribution in [1.29, 1.82) is 0 Å². The lowest BCUT2D eigenvalue weighted by molar-refractivity contribution is 1.03. The number of nitroso groups, excluding NO2 is 1. The minimum absolute atomic E-state index is 0.157. The number of aromatic nitrogens is 1. The van der Waals surface area contributed by atoms with Gasteiger partial charge in [0.15, 0.2) is 0 Å². The fraction of sp³-hybridized carbons (Fsp3) is 0.167. The standard InChI is InChI=1S/C6H5ClN2O/c7-6-2-1-5(3-8-6)4-9-10/h1-3H,4H2. The van der Waals surface area contributed by atoms with E-state index in [0.717, 1.165) is 5.56 Å². The molecule has 0 aromatic carbocycles. The molecule has 0 spiro atoms. The molecule has 0 unspecified atom stereocenters. The molecular weight excluding hydrogens is 152 g/mol. The summed E-state index contributed by atoms with van der Waals surface area (Å²) >= 11 is 5.49. The van der Waals surface area contributed by atoms with Crippen molar-refractivity contribution in [3.8, 4) is 0 Å². The third-order valence-corrected chi connectivity index (χ3v) is 1.26. The highest BCUT2D eigenvalue weighted by Crippen LogP contribution is 2.05. The van der Waals surface area contributed by atoms with E-state index in [-0.39, 0.29) is 6.54 Å². The van der Waals surface area contributed by atoms with Crippen LogP contribution < -0.4 is 0 Å². The smallest absolute Gasteiger partial charge is 0.129 e. The van der Waals surface area contributed by atoms with Crippen molar-refractivity contribution in [2.75, 3.05) is 0 Å². The van der Waals surface area contributed by atoms with Gasteiger partial charge in [0.05, 0.1) is 0 Å². The topological polar surface area (TPSA) is 42.3 Å². The van der Waals surface area contributed by atoms with Gasteiger partial charge in [0, 0.05) is 6.20 Å². The molecule has 0 aliphatic carbocycles. The van der Waals surface area contributed by atoms with E-state index >= 15 is 0 Å². The molecule has 0 saturated carbocycles. The Hall–Kier alpha value is -0.960. The van der Waals surface area contributed by atoms with Gasteiger partial charge in [0.2, 0.25) is 0 Å². The molecule has 10 heavy (non-hydrogen) atoms. The van der Waals surface area contributed by atoms with Crippen LogP contribution in [0.4, 0.5) is 0 Å². The van der Waals surface area contributed by atoms with Crippen LogP contribution in [0.25, 0.3) is 0 Å². The Labute approximate surface area is 63.0 Å². The molecule has 0 radical (unpaired) electrons. The Balaban J connectivity index is 2.78. The van der Waals surface area contributed by atoms with Crippen LogP contribution in [-0.4, -0.2) is 4.98 Å². The van der Waals surface area contributed by atoms with Gasteiger partial charge in [-0.1, -0.05) is 22.8 Å². The second-order valence-electron chi connectivity index (χ2n) is 1.78. The number of hydrogen-bond acceptors (Lipinski definition) is 3. The summed E-state index contributed by atoms with van der Waals surface area (Å²) in [6, 6.07) is 3.35. The van der Waals surface area contributed by atoms with Gasteiger partial charge in [-0.3, -0.25) is 0 Å². The Morgan fingerprint density at radius 2 is 2.40 bits per heavy atom. The number of rotatable bonds is 2. The molecule has 0 aliphatic heterocycles. The predicted octanol–water partition coefficient (Wildman–Crippen LogP) is 2.00. The molecule has 0 amide bonds. The van der Waals surface area contributed by atoms with Gasteiger partial charge in [0.25, 0.3) is 0 Å². The molecular formula is C6H5ClN2O. The van der Waals surface area contributed by atoms with E-state index in [0.29, 0.717) is 5.15 Å². The summed E-state index contributed by atoms with van der Waals surface area (Å²) in [6.45, 7) is 0.157. The summed E-state index contributed by atoms with van der Waals surface area (Å²) in [4.78, 5) is 13.5. The lowest BCUT2D eigenvalue weighted by atomic mass is 10.3. The number of pyridine rings is 1. The zero-order valence-corrected chi connectivity index (χ0v) is 5.88. The second kappa shape index (κ2) is 3.27.